The molecule has 2 aromatic heterocycles. The first-order valence-corrected chi connectivity index (χ1v) is 9.74. The number of nitrogens with one attached hydrogen (secondary N) is 2. The number of H-pyrrole nitrogens is 1. The number of pyridine rings is 2. The van der Waals surface area contributed by atoms with Crippen molar-refractivity contribution < 1.29 is 13.9 Å². The number of methoxy groups -OCH3 is 1. The second-order valence-corrected chi connectivity index (χ2v) is 6.99. The highest BCUT2D eigenvalue weighted by atomic mass is 35.5. The molecule has 0 bridgehead atoms. The minimum atomic E-state index is -0.561. The first-order valence-electron chi connectivity index (χ1n) is 9.36. The zero-order valence-corrected chi connectivity index (χ0v) is 17.9. The Morgan fingerprint density at radius 2 is 2.06 bits per heavy atom. The van der Waals surface area contributed by atoms with Crippen LogP contribution in [0.2, 0.25) is 5.02 Å². The number of aldehydes is 1. The summed E-state index contributed by atoms with van der Waals surface area (Å²) >= 11 is 5.67. The molecule has 0 radical (unpaired) electrons. The largest absolute Gasteiger partial charge is 0.384 e. The Hall–Kier alpha value is -3.07. The lowest BCUT2D eigenvalue weighted by Crippen LogP contribution is -2.20. The number of carbonyl (C=O) groups is 1. The summed E-state index contributed by atoms with van der Waals surface area (Å²) in [6, 6.07) is 11.2. The number of aromatic nitrogens is 2. The zero-order valence-electron chi connectivity index (χ0n) is 17.1. The summed E-state index contributed by atoms with van der Waals surface area (Å²) in [7, 11) is 3.30. The van der Waals surface area contributed by atoms with E-state index in [0.29, 0.717) is 22.7 Å². The highest BCUT2D eigenvalue weighted by molar-refractivity contribution is 6.30. The molecule has 0 fully saturated rings. The Labute approximate surface area is 184 Å². The normalized spacial score (nSPS) is 12.3. The predicted molar refractivity (Wildman–Crippen MR) is 119 cm³/mol. The van der Waals surface area contributed by atoms with E-state index in [1.54, 1.807) is 50.7 Å². The van der Waals surface area contributed by atoms with Crippen LogP contribution in [0.15, 0.2) is 59.7 Å². The number of hydrogen-bond donors (Lipinski definition) is 3. The molecule has 0 aliphatic heterocycles. The summed E-state index contributed by atoms with van der Waals surface area (Å²) in [4.78, 5) is 28.7. The summed E-state index contributed by atoms with van der Waals surface area (Å²) in [5.74, 6) is -0.158. The lowest BCUT2D eigenvalue weighted by atomic mass is 9.93. The molecular formula is C22H24ClFN4O3. The molecule has 0 aliphatic rings. The molecule has 2 atom stereocenters. The third-order valence-electron chi connectivity index (χ3n) is 4.43. The van der Waals surface area contributed by atoms with Gasteiger partial charge in [-0.05, 0) is 41.5 Å². The molecule has 4 N–H and O–H groups in total. The van der Waals surface area contributed by atoms with Crippen LogP contribution in [0.5, 0.6) is 0 Å². The molecule has 31 heavy (non-hydrogen) atoms. The summed E-state index contributed by atoms with van der Waals surface area (Å²) in [6.07, 6.45) is 3.37. The number of benzene rings is 1. The number of halogens is 2. The van der Waals surface area contributed by atoms with E-state index in [1.165, 1.54) is 6.07 Å². The second kappa shape index (κ2) is 11.9. The van der Waals surface area contributed by atoms with Crippen molar-refractivity contribution in [2.24, 2.45) is 5.73 Å². The Balaban J connectivity index is 0.000000262. The fraction of sp³-hybridized carbons (Fsp3) is 0.227. The summed E-state index contributed by atoms with van der Waals surface area (Å²) < 4.78 is 18.5. The number of rotatable bonds is 7. The maximum atomic E-state index is 13.4. The molecule has 0 amide bonds. The van der Waals surface area contributed by atoms with Crippen LogP contribution in [0.3, 0.4) is 0 Å². The highest BCUT2D eigenvalue weighted by Gasteiger charge is 2.19. The Morgan fingerprint density at radius 3 is 2.71 bits per heavy atom. The number of hydrogen-bond acceptors (Lipinski definition) is 6. The van der Waals surface area contributed by atoms with Gasteiger partial charge in [-0.3, -0.25) is 4.79 Å². The van der Waals surface area contributed by atoms with Crippen molar-refractivity contribution in [3.63, 3.8) is 0 Å². The Bertz CT molecular complexity index is 1060. The van der Waals surface area contributed by atoms with Crippen LogP contribution in [0.1, 0.15) is 28.7 Å². The van der Waals surface area contributed by atoms with Crippen LogP contribution in [-0.2, 0) is 9.53 Å². The van der Waals surface area contributed by atoms with E-state index in [9.17, 15) is 14.0 Å². The molecule has 3 aromatic rings. The highest BCUT2D eigenvalue weighted by Crippen LogP contribution is 2.24. The van der Waals surface area contributed by atoms with Gasteiger partial charge >= 0.3 is 0 Å². The number of anilines is 1. The van der Waals surface area contributed by atoms with Gasteiger partial charge in [-0.1, -0.05) is 23.7 Å². The van der Waals surface area contributed by atoms with Gasteiger partial charge in [-0.15, -0.1) is 0 Å². The molecule has 1 unspecified atom stereocenters. The Kier molecular flexibility index (Phi) is 9.33. The molecule has 3 rings (SSSR count). The minimum absolute atomic E-state index is 0.277. The third-order valence-corrected chi connectivity index (χ3v) is 4.66. The van der Waals surface area contributed by atoms with Crippen molar-refractivity contribution in [2.75, 3.05) is 26.1 Å². The van der Waals surface area contributed by atoms with Gasteiger partial charge in [0.15, 0.2) is 0 Å². The molecule has 0 aliphatic carbocycles. The van der Waals surface area contributed by atoms with Crippen molar-refractivity contribution in [1.82, 2.24) is 9.97 Å². The zero-order chi connectivity index (χ0) is 22.8. The van der Waals surface area contributed by atoms with Crippen LogP contribution in [0.25, 0.3) is 0 Å². The van der Waals surface area contributed by atoms with Crippen LogP contribution in [-0.4, -0.2) is 37.0 Å². The third kappa shape index (κ3) is 6.99. The Morgan fingerprint density at radius 1 is 1.29 bits per heavy atom. The number of ether oxygens (including phenoxy) is 1. The average Bonchev–Trinajstić information content (AvgIpc) is 2.79. The maximum Gasteiger partial charge on any atom is 0.252 e. The van der Waals surface area contributed by atoms with Crippen molar-refractivity contribution in [3.05, 3.63) is 92.7 Å². The van der Waals surface area contributed by atoms with Crippen molar-refractivity contribution in [2.45, 2.75) is 12.0 Å². The molecule has 164 valence electrons. The van der Waals surface area contributed by atoms with Crippen LogP contribution < -0.4 is 16.6 Å². The van der Waals surface area contributed by atoms with E-state index in [0.717, 1.165) is 17.3 Å². The van der Waals surface area contributed by atoms with Crippen LogP contribution >= 0.6 is 11.6 Å². The lowest BCUT2D eigenvalue weighted by molar-refractivity contribution is -0.109. The number of carbonyl (C=O) groups excluding carboxylic acids is 1. The van der Waals surface area contributed by atoms with Gasteiger partial charge in [-0.2, -0.15) is 0 Å². The standard InChI is InChI=1S/C14H16FN3O2.C8H8ClNO/c1-16-13-5-9(3-4-17-13)12(8-20-2)11-6-10(15)7-18-14(11)19;9-7-3-1-2-6(4-7)8(10)5-11/h3-7,12H,8H2,1-2H3,(H,16,17)(H,18,19);1-5,8H,10H2/t;8-/m.1/s1. The molecule has 1 aromatic carbocycles. The number of aromatic amines is 1. The number of nitrogens with two attached hydrogens (primary N) is 1. The van der Waals surface area contributed by atoms with Crippen molar-refractivity contribution >= 4 is 23.7 Å². The lowest BCUT2D eigenvalue weighted by Gasteiger charge is -2.16. The van der Waals surface area contributed by atoms with E-state index in [1.807, 2.05) is 6.07 Å². The first-order chi connectivity index (χ1) is 14.9. The van der Waals surface area contributed by atoms with E-state index >= 15 is 0 Å². The summed E-state index contributed by atoms with van der Waals surface area (Å²) in [5.41, 5.74) is 7.03. The van der Waals surface area contributed by atoms with E-state index in [4.69, 9.17) is 22.1 Å². The van der Waals surface area contributed by atoms with E-state index in [-0.39, 0.29) is 18.1 Å². The van der Waals surface area contributed by atoms with E-state index < -0.39 is 11.9 Å². The maximum absolute atomic E-state index is 13.4. The number of nitrogens with zero attached hydrogens (tertiary/aromatic N) is 1. The summed E-state index contributed by atoms with van der Waals surface area (Å²) in [5, 5.41) is 3.53. The van der Waals surface area contributed by atoms with Gasteiger partial charge in [0.1, 0.15) is 17.9 Å². The first kappa shape index (κ1) is 24.2. The van der Waals surface area contributed by atoms with Gasteiger partial charge in [0.05, 0.1) is 12.6 Å². The molecule has 9 heteroatoms. The van der Waals surface area contributed by atoms with Gasteiger partial charge in [-0.25, -0.2) is 9.37 Å². The molecule has 7 nitrogen and oxygen atoms in total. The van der Waals surface area contributed by atoms with Gasteiger partial charge < -0.3 is 25.6 Å². The smallest absolute Gasteiger partial charge is 0.252 e. The van der Waals surface area contributed by atoms with Gasteiger partial charge in [0.2, 0.25) is 0 Å². The topological polar surface area (TPSA) is 110 Å². The average molecular weight is 447 g/mol. The molecule has 2 heterocycles. The minimum Gasteiger partial charge on any atom is -0.384 e. The SMILES string of the molecule is CNc1cc(C(COC)c2cc(F)c[nH]c2=O)ccn1.N[C@H](C=O)c1cccc(Cl)c1. The quantitative estimate of drug-likeness (QED) is 0.480. The van der Waals surface area contributed by atoms with Crippen molar-refractivity contribution in [1.29, 1.82) is 0 Å². The molecular weight excluding hydrogens is 423 g/mol. The fourth-order valence-electron chi connectivity index (χ4n) is 2.86. The second-order valence-electron chi connectivity index (χ2n) is 6.55. The molecule has 0 saturated heterocycles. The van der Waals surface area contributed by atoms with Gasteiger partial charge in [0.25, 0.3) is 5.56 Å². The van der Waals surface area contributed by atoms with Crippen LogP contribution in [0, 0.1) is 5.82 Å². The predicted octanol–water partition coefficient (Wildman–Crippen LogP) is 3.27. The van der Waals surface area contributed by atoms with Crippen molar-refractivity contribution in [3.8, 4) is 0 Å². The van der Waals surface area contributed by atoms with Crippen LogP contribution in [0.4, 0.5) is 10.2 Å². The molecule has 0 saturated carbocycles. The van der Waals surface area contributed by atoms with E-state index in [2.05, 4.69) is 15.3 Å². The van der Waals surface area contributed by atoms with Gasteiger partial charge in [0, 0.05) is 43.1 Å². The summed E-state index contributed by atoms with van der Waals surface area (Å²) in [6.45, 7) is 0.277. The fourth-order valence-corrected chi connectivity index (χ4v) is 3.06. The monoisotopic (exact) mass is 446 g/mol. The molecule has 0 spiro atoms.